The Labute approximate surface area is 119 Å². The van der Waals surface area contributed by atoms with Gasteiger partial charge in [0.2, 0.25) is 0 Å². The fraction of sp³-hybridized carbons (Fsp3) is 0.0769. The molecule has 0 spiro atoms. The lowest BCUT2D eigenvalue weighted by molar-refractivity contribution is 0.0595. The maximum atomic E-state index is 12.2. The van der Waals surface area contributed by atoms with Crippen LogP contribution in [0.15, 0.2) is 30.5 Å². The summed E-state index contributed by atoms with van der Waals surface area (Å²) in [5.74, 6) is -0.866. The van der Waals surface area contributed by atoms with Crippen molar-refractivity contribution in [3.05, 3.63) is 57.3 Å². The third kappa shape index (κ3) is 2.64. The van der Waals surface area contributed by atoms with E-state index in [2.05, 4.69) is 9.72 Å². The number of hydrogen-bond acceptors (Lipinski definition) is 3. The van der Waals surface area contributed by atoms with Gasteiger partial charge in [0.25, 0.3) is 0 Å². The number of nitrogens with one attached hydrogen (secondary N) is 1. The number of ketones is 1. The van der Waals surface area contributed by atoms with Gasteiger partial charge in [0.1, 0.15) is 5.69 Å². The second-order valence-corrected chi connectivity index (χ2v) is 4.51. The van der Waals surface area contributed by atoms with E-state index in [4.69, 9.17) is 23.2 Å². The van der Waals surface area contributed by atoms with Crippen molar-refractivity contribution in [2.75, 3.05) is 7.11 Å². The topological polar surface area (TPSA) is 59.2 Å². The molecule has 0 bridgehead atoms. The summed E-state index contributed by atoms with van der Waals surface area (Å²) in [6.07, 6.45) is 1.42. The fourth-order valence-corrected chi connectivity index (χ4v) is 1.97. The predicted molar refractivity (Wildman–Crippen MR) is 72.0 cm³/mol. The maximum Gasteiger partial charge on any atom is 0.354 e. The normalized spacial score (nSPS) is 10.3. The number of rotatable bonds is 3. The van der Waals surface area contributed by atoms with Gasteiger partial charge < -0.3 is 9.72 Å². The number of methoxy groups -OCH3 is 1. The van der Waals surface area contributed by atoms with E-state index in [-0.39, 0.29) is 22.1 Å². The van der Waals surface area contributed by atoms with Crippen LogP contribution in [0.5, 0.6) is 0 Å². The second-order valence-electron chi connectivity index (χ2n) is 3.72. The van der Waals surface area contributed by atoms with Crippen molar-refractivity contribution in [3.63, 3.8) is 0 Å². The Morgan fingerprint density at radius 3 is 2.68 bits per heavy atom. The first-order valence-corrected chi connectivity index (χ1v) is 6.05. The number of esters is 1. The maximum absolute atomic E-state index is 12.2. The molecule has 4 nitrogen and oxygen atoms in total. The zero-order chi connectivity index (χ0) is 14.0. The molecule has 0 aliphatic carbocycles. The van der Waals surface area contributed by atoms with Gasteiger partial charge in [-0.25, -0.2) is 4.79 Å². The van der Waals surface area contributed by atoms with Crippen LogP contribution in [-0.2, 0) is 4.74 Å². The second kappa shape index (κ2) is 5.47. The lowest BCUT2D eigenvalue weighted by Gasteiger charge is -2.02. The molecule has 0 fully saturated rings. The Morgan fingerprint density at radius 1 is 1.26 bits per heavy atom. The molecule has 1 heterocycles. The largest absolute Gasteiger partial charge is 0.464 e. The molecule has 19 heavy (non-hydrogen) atoms. The van der Waals surface area contributed by atoms with Crippen LogP contribution in [0.25, 0.3) is 0 Å². The van der Waals surface area contributed by atoms with Gasteiger partial charge in [0.05, 0.1) is 17.2 Å². The van der Waals surface area contributed by atoms with Crippen LogP contribution in [0.1, 0.15) is 26.4 Å². The monoisotopic (exact) mass is 297 g/mol. The van der Waals surface area contributed by atoms with Gasteiger partial charge in [0.15, 0.2) is 5.78 Å². The molecule has 0 unspecified atom stereocenters. The number of halogens is 2. The predicted octanol–water partition coefficient (Wildman–Crippen LogP) is 3.34. The summed E-state index contributed by atoms with van der Waals surface area (Å²) >= 11 is 11.8. The number of benzene rings is 1. The highest BCUT2D eigenvalue weighted by molar-refractivity contribution is 6.44. The third-order valence-corrected chi connectivity index (χ3v) is 3.37. The molecule has 2 rings (SSSR count). The molecular formula is C13H9Cl2NO3. The fourth-order valence-electron chi connectivity index (χ4n) is 1.59. The average Bonchev–Trinajstić information content (AvgIpc) is 2.90. The van der Waals surface area contributed by atoms with Crippen LogP contribution in [0, 0.1) is 0 Å². The highest BCUT2D eigenvalue weighted by Crippen LogP contribution is 2.27. The van der Waals surface area contributed by atoms with Crippen molar-refractivity contribution in [2.24, 2.45) is 0 Å². The van der Waals surface area contributed by atoms with E-state index >= 15 is 0 Å². The first-order chi connectivity index (χ1) is 9.04. The lowest BCUT2D eigenvalue weighted by atomic mass is 10.1. The molecule has 0 atom stereocenters. The van der Waals surface area contributed by atoms with E-state index in [1.165, 1.54) is 19.4 Å². The highest BCUT2D eigenvalue weighted by Gasteiger charge is 2.18. The average molecular weight is 298 g/mol. The minimum atomic E-state index is -0.545. The van der Waals surface area contributed by atoms with Crippen molar-refractivity contribution < 1.29 is 14.3 Å². The Balaban J connectivity index is 2.37. The zero-order valence-corrected chi connectivity index (χ0v) is 11.4. The molecule has 98 valence electrons. The standard InChI is InChI=1S/C13H9Cl2NO3/c1-19-13(18)10-5-7(6-16-10)12(17)8-3-2-4-9(14)11(8)15/h2-6,16H,1H3. The van der Waals surface area contributed by atoms with Gasteiger partial charge in [-0.05, 0) is 18.2 Å². The van der Waals surface area contributed by atoms with E-state index in [1.807, 2.05) is 0 Å². The number of carbonyl (C=O) groups is 2. The summed E-state index contributed by atoms with van der Waals surface area (Å²) in [5.41, 5.74) is 0.790. The quantitative estimate of drug-likeness (QED) is 0.698. The smallest absolute Gasteiger partial charge is 0.354 e. The van der Waals surface area contributed by atoms with Crippen molar-refractivity contribution in [3.8, 4) is 0 Å². The number of aromatic nitrogens is 1. The van der Waals surface area contributed by atoms with Crippen LogP contribution in [0.4, 0.5) is 0 Å². The van der Waals surface area contributed by atoms with Gasteiger partial charge in [-0.2, -0.15) is 0 Å². The summed E-state index contributed by atoms with van der Waals surface area (Å²) in [7, 11) is 1.26. The van der Waals surface area contributed by atoms with Crippen molar-refractivity contribution >= 4 is 35.0 Å². The summed E-state index contributed by atoms with van der Waals surface area (Å²) < 4.78 is 4.55. The van der Waals surface area contributed by atoms with Gasteiger partial charge in [-0.1, -0.05) is 29.3 Å². The Bertz CT molecular complexity index is 649. The van der Waals surface area contributed by atoms with Crippen LogP contribution < -0.4 is 0 Å². The van der Waals surface area contributed by atoms with E-state index in [0.29, 0.717) is 10.6 Å². The molecule has 0 aliphatic rings. The number of aromatic amines is 1. The molecule has 0 radical (unpaired) electrons. The molecule has 1 aromatic carbocycles. The van der Waals surface area contributed by atoms with Gasteiger partial charge in [-0.3, -0.25) is 4.79 Å². The van der Waals surface area contributed by atoms with E-state index in [0.717, 1.165) is 0 Å². The van der Waals surface area contributed by atoms with Crippen molar-refractivity contribution in [2.45, 2.75) is 0 Å². The van der Waals surface area contributed by atoms with Gasteiger partial charge in [0, 0.05) is 17.3 Å². The Morgan fingerprint density at radius 2 is 2.00 bits per heavy atom. The van der Waals surface area contributed by atoms with Crippen molar-refractivity contribution in [1.29, 1.82) is 0 Å². The first kappa shape index (κ1) is 13.6. The summed E-state index contributed by atoms with van der Waals surface area (Å²) in [6, 6.07) is 6.21. The van der Waals surface area contributed by atoms with Crippen LogP contribution >= 0.6 is 23.2 Å². The Kier molecular flexibility index (Phi) is 3.93. The minimum Gasteiger partial charge on any atom is -0.464 e. The van der Waals surface area contributed by atoms with Gasteiger partial charge >= 0.3 is 5.97 Å². The molecular weight excluding hydrogens is 289 g/mol. The molecule has 1 aromatic heterocycles. The molecule has 1 N–H and O–H groups in total. The van der Waals surface area contributed by atoms with E-state index in [9.17, 15) is 9.59 Å². The highest BCUT2D eigenvalue weighted by atomic mass is 35.5. The van der Waals surface area contributed by atoms with Crippen molar-refractivity contribution in [1.82, 2.24) is 4.98 Å². The number of hydrogen-bond donors (Lipinski definition) is 1. The number of H-pyrrole nitrogens is 1. The third-order valence-electron chi connectivity index (χ3n) is 2.55. The van der Waals surface area contributed by atoms with Gasteiger partial charge in [-0.15, -0.1) is 0 Å². The van der Waals surface area contributed by atoms with Crippen LogP contribution in [-0.4, -0.2) is 23.8 Å². The zero-order valence-electron chi connectivity index (χ0n) is 9.87. The molecule has 2 aromatic rings. The number of carbonyl (C=O) groups excluding carboxylic acids is 2. The molecule has 0 aliphatic heterocycles. The summed E-state index contributed by atoms with van der Waals surface area (Å²) in [5, 5.41) is 0.492. The minimum absolute atomic E-state index is 0.190. The molecule has 0 saturated carbocycles. The molecule has 6 heteroatoms. The summed E-state index contributed by atoms with van der Waals surface area (Å²) in [6.45, 7) is 0. The lowest BCUT2D eigenvalue weighted by Crippen LogP contribution is -2.02. The summed E-state index contributed by atoms with van der Waals surface area (Å²) in [4.78, 5) is 26.2. The molecule has 0 saturated heterocycles. The molecule has 0 amide bonds. The number of ether oxygens (including phenoxy) is 1. The first-order valence-electron chi connectivity index (χ1n) is 5.30. The Hall–Kier alpha value is -1.78. The van der Waals surface area contributed by atoms with E-state index in [1.54, 1.807) is 18.2 Å². The van der Waals surface area contributed by atoms with Crippen LogP contribution in [0.3, 0.4) is 0 Å². The van der Waals surface area contributed by atoms with Crippen LogP contribution in [0.2, 0.25) is 10.0 Å². The van der Waals surface area contributed by atoms with E-state index < -0.39 is 5.97 Å². The SMILES string of the molecule is COC(=O)c1cc(C(=O)c2cccc(Cl)c2Cl)c[nH]1.